The summed E-state index contributed by atoms with van der Waals surface area (Å²) in [6, 6.07) is 14.2. The Labute approximate surface area is 135 Å². The monoisotopic (exact) mass is 305 g/mol. The lowest BCUT2D eigenvalue weighted by Crippen LogP contribution is -2.05. The van der Waals surface area contributed by atoms with Gasteiger partial charge in [0.05, 0.1) is 5.69 Å². The Morgan fingerprint density at radius 3 is 2.70 bits per heavy atom. The number of aromatic nitrogens is 3. The summed E-state index contributed by atoms with van der Waals surface area (Å²) in [5, 5.41) is 6.36. The summed E-state index contributed by atoms with van der Waals surface area (Å²) in [7, 11) is 1.81. The molecule has 0 aliphatic rings. The third-order valence-corrected chi connectivity index (χ3v) is 3.46. The zero-order valence-corrected chi connectivity index (χ0v) is 13.2. The predicted octanol–water partition coefficient (Wildman–Crippen LogP) is 3.50. The lowest BCUT2D eigenvalue weighted by Gasteiger charge is -2.10. The van der Waals surface area contributed by atoms with Crippen molar-refractivity contribution in [3.05, 3.63) is 66.0 Å². The van der Waals surface area contributed by atoms with Gasteiger partial charge in [-0.05, 0) is 24.6 Å². The van der Waals surface area contributed by atoms with Gasteiger partial charge in [-0.15, -0.1) is 0 Å². The van der Waals surface area contributed by atoms with Crippen LogP contribution in [0.4, 0.5) is 11.8 Å². The first-order valence-electron chi connectivity index (χ1n) is 7.51. The van der Waals surface area contributed by atoms with Crippen LogP contribution in [0.25, 0.3) is 11.3 Å². The minimum Gasteiger partial charge on any atom is -0.366 e. The Morgan fingerprint density at radius 2 is 1.96 bits per heavy atom. The Kier molecular flexibility index (Phi) is 4.47. The van der Waals surface area contributed by atoms with E-state index in [4.69, 9.17) is 0 Å². The van der Waals surface area contributed by atoms with Crippen molar-refractivity contribution in [2.75, 3.05) is 17.7 Å². The molecule has 0 atom stereocenters. The maximum atomic E-state index is 4.49. The fourth-order valence-electron chi connectivity index (χ4n) is 2.33. The maximum absolute atomic E-state index is 4.49. The summed E-state index contributed by atoms with van der Waals surface area (Å²) in [4.78, 5) is 13.1. The number of pyridine rings is 1. The van der Waals surface area contributed by atoms with Crippen molar-refractivity contribution in [1.82, 2.24) is 15.0 Å². The second kappa shape index (κ2) is 6.87. The van der Waals surface area contributed by atoms with Crippen LogP contribution in [0.3, 0.4) is 0 Å². The van der Waals surface area contributed by atoms with Crippen molar-refractivity contribution in [3.8, 4) is 11.3 Å². The molecule has 5 heteroatoms. The third kappa shape index (κ3) is 3.83. The van der Waals surface area contributed by atoms with Crippen molar-refractivity contribution in [1.29, 1.82) is 0 Å². The van der Waals surface area contributed by atoms with Crippen LogP contribution in [0, 0.1) is 6.92 Å². The van der Waals surface area contributed by atoms with Crippen LogP contribution in [-0.2, 0) is 6.54 Å². The van der Waals surface area contributed by atoms with E-state index in [0.717, 1.165) is 17.1 Å². The first-order valence-corrected chi connectivity index (χ1v) is 7.51. The number of aryl methyl sites for hydroxylation is 1. The van der Waals surface area contributed by atoms with E-state index in [0.29, 0.717) is 12.5 Å². The minimum absolute atomic E-state index is 0.582. The van der Waals surface area contributed by atoms with Gasteiger partial charge in [0.15, 0.2) is 0 Å². The fraction of sp³-hybridized carbons (Fsp3) is 0.167. The van der Waals surface area contributed by atoms with Crippen LogP contribution in [0.2, 0.25) is 0 Å². The molecule has 3 aromatic rings. The first kappa shape index (κ1) is 15.0. The van der Waals surface area contributed by atoms with E-state index in [1.165, 1.54) is 11.1 Å². The molecule has 23 heavy (non-hydrogen) atoms. The molecule has 0 aliphatic heterocycles. The molecule has 3 rings (SSSR count). The number of hydrogen-bond donors (Lipinski definition) is 2. The standard InChI is InChI=1S/C18H19N5/c1-13-5-3-6-14(9-13)11-21-17-10-16(22-18(19-2)23-17)15-7-4-8-20-12-15/h3-10,12H,11H2,1-2H3,(H2,19,21,22,23). The molecule has 0 unspecified atom stereocenters. The van der Waals surface area contributed by atoms with Gasteiger partial charge in [0.2, 0.25) is 5.95 Å². The molecular formula is C18H19N5. The Morgan fingerprint density at radius 1 is 1.04 bits per heavy atom. The average Bonchev–Trinajstić information content (AvgIpc) is 2.60. The zero-order chi connectivity index (χ0) is 16.1. The van der Waals surface area contributed by atoms with E-state index in [-0.39, 0.29) is 0 Å². The van der Waals surface area contributed by atoms with Crippen LogP contribution in [0.5, 0.6) is 0 Å². The second-order valence-electron chi connectivity index (χ2n) is 5.30. The summed E-state index contributed by atoms with van der Waals surface area (Å²) in [6.07, 6.45) is 3.55. The smallest absolute Gasteiger partial charge is 0.224 e. The molecule has 5 nitrogen and oxygen atoms in total. The molecule has 0 fully saturated rings. The van der Waals surface area contributed by atoms with Crippen molar-refractivity contribution < 1.29 is 0 Å². The van der Waals surface area contributed by atoms with Gasteiger partial charge in [0.25, 0.3) is 0 Å². The molecular weight excluding hydrogens is 286 g/mol. The largest absolute Gasteiger partial charge is 0.366 e. The SMILES string of the molecule is CNc1nc(NCc2cccc(C)c2)cc(-c2cccnc2)n1. The zero-order valence-electron chi connectivity index (χ0n) is 13.2. The highest BCUT2D eigenvalue weighted by molar-refractivity contribution is 5.63. The molecule has 0 bridgehead atoms. The number of hydrogen-bond acceptors (Lipinski definition) is 5. The van der Waals surface area contributed by atoms with Gasteiger partial charge in [-0.2, -0.15) is 4.98 Å². The molecule has 2 aromatic heterocycles. The van der Waals surface area contributed by atoms with Gasteiger partial charge in [-0.25, -0.2) is 4.98 Å². The molecule has 0 aliphatic carbocycles. The minimum atomic E-state index is 0.582. The summed E-state index contributed by atoms with van der Waals surface area (Å²) >= 11 is 0. The van der Waals surface area contributed by atoms with Crippen molar-refractivity contribution in [2.45, 2.75) is 13.5 Å². The number of nitrogens with one attached hydrogen (secondary N) is 2. The van der Waals surface area contributed by atoms with Gasteiger partial charge >= 0.3 is 0 Å². The van der Waals surface area contributed by atoms with E-state index in [1.807, 2.05) is 25.2 Å². The quantitative estimate of drug-likeness (QED) is 0.755. The van der Waals surface area contributed by atoms with E-state index in [9.17, 15) is 0 Å². The Balaban J connectivity index is 1.84. The molecule has 2 heterocycles. The van der Waals surface area contributed by atoms with Gasteiger partial charge in [0.1, 0.15) is 5.82 Å². The molecule has 116 valence electrons. The van der Waals surface area contributed by atoms with Gasteiger partial charge < -0.3 is 10.6 Å². The van der Waals surface area contributed by atoms with Crippen LogP contribution in [0.1, 0.15) is 11.1 Å². The highest BCUT2D eigenvalue weighted by Crippen LogP contribution is 2.20. The third-order valence-electron chi connectivity index (χ3n) is 3.46. The van der Waals surface area contributed by atoms with Gasteiger partial charge in [0, 0.05) is 37.6 Å². The number of anilines is 2. The topological polar surface area (TPSA) is 62.7 Å². The van der Waals surface area contributed by atoms with E-state index >= 15 is 0 Å². The molecule has 2 N–H and O–H groups in total. The van der Waals surface area contributed by atoms with Crippen LogP contribution < -0.4 is 10.6 Å². The molecule has 1 aromatic carbocycles. The summed E-state index contributed by atoms with van der Waals surface area (Å²) in [5.41, 5.74) is 4.27. The summed E-state index contributed by atoms with van der Waals surface area (Å²) in [5.74, 6) is 1.36. The summed E-state index contributed by atoms with van der Waals surface area (Å²) < 4.78 is 0. The molecule has 0 spiro atoms. The van der Waals surface area contributed by atoms with Crippen molar-refractivity contribution in [2.24, 2.45) is 0 Å². The lowest BCUT2D eigenvalue weighted by molar-refractivity contribution is 1.08. The lowest BCUT2D eigenvalue weighted by atomic mass is 10.1. The van der Waals surface area contributed by atoms with Gasteiger partial charge in [-0.1, -0.05) is 29.8 Å². The van der Waals surface area contributed by atoms with E-state index in [2.05, 4.69) is 56.8 Å². The van der Waals surface area contributed by atoms with Crippen LogP contribution in [0.15, 0.2) is 54.9 Å². The van der Waals surface area contributed by atoms with Crippen LogP contribution >= 0.6 is 0 Å². The average molecular weight is 305 g/mol. The Hall–Kier alpha value is -2.95. The Bertz CT molecular complexity index is 786. The summed E-state index contributed by atoms with van der Waals surface area (Å²) in [6.45, 7) is 2.81. The molecule has 0 radical (unpaired) electrons. The fourth-order valence-corrected chi connectivity index (χ4v) is 2.33. The number of nitrogens with zero attached hydrogens (tertiary/aromatic N) is 3. The highest BCUT2D eigenvalue weighted by Gasteiger charge is 2.06. The predicted molar refractivity (Wildman–Crippen MR) is 93.3 cm³/mol. The van der Waals surface area contributed by atoms with E-state index in [1.54, 1.807) is 12.4 Å². The first-order chi connectivity index (χ1) is 11.2. The number of rotatable bonds is 5. The molecule has 0 amide bonds. The van der Waals surface area contributed by atoms with Crippen molar-refractivity contribution in [3.63, 3.8) is 0 Å². The van der Waals surface area contributed by atoms with Gasteiger partial charge in [-0.3, -0.25) is 4.98 Å². The number of benzene rings is 1. The van der Waals surface area contributed by atoms with E-state index < -0.39 is 0 Å². The molecule has 0 saturated heterocycles. The molecule has 0 saturated carbocycles. The second-order valence-corrected chi connectivity index (χ2v) is 5.30. The van der Waals surface area contributed by atoms with Crippen molar-refractivity contribution >= 4 is 11.8 Å². The van der Waals surface area contributed by atoms with Crippen LogP contribution in [-0.4, -0.2) is 22.0 Å². The normalized spacial score (nSPS) is 10.3. The maximum Gasteiger partial charge on any atom is 0.224 e. The highest BCUT2D eigenvalue weighted by atomic mass is 15.1.